The first-order valence-electron chi connectivity index (χ1n) is 45.2. The van der Waals surface area contributed by atoms with Crippen LogP contribution in [0, 0.1) is 42.6 Å². The van der Waals surface area contributed by atoms with Crippen molar-refractivity contribution < 1.29 is 71.9 Å². The molecule has 0 bridgehead atoms. The quantitative estimate of drug-likeness (QED) is 0.0948. The van der Waals surface area contributed by atoms with Gasteiger partial charge in [0.2, 0.25) is 14.9 Å². The number of aryl methyl sites for hydroxylation is 3. The second-order valence-electron chi connectivity index (χ2n) is 34.6. The number of rotatable bonds is 11. The van der Waals surface area contributed by atoms with E-state index in [4.69, 9.17) is 19.7 Å². The summed E-state index contributed by atoms with van der Waals surface area (Å²) in [5, 5.41) is 15.4. The molecule has 14 aromatic heterocycles. The molecule has 138 heavy (non-hydrogen) atoms. The van der Waals surface area contributed by atoms with Crippen molar-refractivity contribution in [1.82, 2.24) is 64.7 Å². The van der Waals surface area contributed by atoms with Gasteiger partial charge < -0.3 is 49.9 Å². The first-order chi connectivity index (χ1) is 66.6. The summed E-state index contributed by atoms with van der Waals surface area (Å²) < 4.78 is 31.3. The van der Waals surface area contributed by atoms with Crippen LogP contribution in [0.4, 0.5) is 11.5 Å². The van der Waals surface area contributed by atoms with Gasteiger partial charge in [-0.3, -0.25) is 9.47 Å². The molecule has 16 nitrogen and oxygen atoms in total. The van der Waals surface area contributed by atoms with Crippen LogP contribution in [0.5, 0.6) is 11.5 Å². The smallest absolute Gasteiger partial charge is 0.456 e. The number of para-hydroxylation sites is 10. The molecule has 0 fully saturated rings. The van der Waals surface area contributed by atoms with Gasteiger partial charge in [-0.2, -0.15) is 76.4 Å². The van der Waals surface area contributed by atoms with E-state index in [0.29, 0.717) is 9.13 Å². The molecule has 2 aliphatic rings. The Kier molecular flexibility index (Phi) is 21.5. The topological polar surface area (TPSA) is 105 Å². The normalized spacial score (nSPS) is 13.0. The molecule has 29 rings (SSSR count). The van der Waals surface area contributed by atoms with Crippen molar-refractivity contribution in [2.75, 3.05) is 4.90 Å². The van der Waals surface area contributed by atoms with Crippen LogP contribution in [-0.4, -0.2) is 88.1 Å². The van der Waals surface area contributed by atoms with Crippen LogP contribution < -0.4 is 20.0 Å². The summed E-state index contributed by atoms with van der Waals surface area (Å²) >= 11 is 0. The van der Waals surface area contributed by atoms with Gasteiger partial charge in [-0.05, 0) is 138 Å². The van der Waals surface area contributed by atoms with E-state index in [2.05, 4.69) is 452 Å². The predicted molar refractivity (Wildman–Crippen MR) is 553 cm³/mol. The summed E-state index contributed by atoms with van der Waals surface area (Å²) in [6, 6.07) is 144. The zero-order valence-corrected chi connectivity index (χ0v) is 84.2. The Bertz CT molecular complexity index is 9550. The average molecular weight is 2380 g/mol. The van der Waals surface area contributed by atoms with Gasteiger partial charge in [-0.15, -0.1) is 87.8 Å². The number of benzene rings is 13. The number of anilines is 2. The number of ether oxygens (including phenoxy) is 1. The molecule has 0 saturated heterocycles. The maximum Gasteiger partial charge on any atom is 3.00 e. The van der Waals surface area contributed by atoms with Gasteiger partial charge in [0.1, 0.15) is 11.5 Å². The molecular weight excluding hydrogens is 2300 g/mol. The Balaban J connectivity index is 0.000000112. The number of hydrogen-bond acceptors (Lipinski definition) is 5. The minimum absolute atomic E-state index is 0. The SMILES string of the molecule is C[Si]=C(C)N1c2ccccc2Oc2cc3c4ccccc4n(-c4[c-]c(-n5ccc6ccc[c-]c65)ccc4)c3nc21.Cn1c(-p2ccc3ccc(-n4c5[c-]c6c(cc5c5ccccc54)-c4ccccc4C6n4[c-]cc5ccccc54)nc32)[c-]c2ccccc21.Cn1cc[c-]c1-n1ccc2c1nc(-n1c3ccccc3n3c4c5ccccc5n([Si](c5ccccc5)c5ccccc5)c4[c-]c13)n2C.[Au+3].[Au].[Au]. The summed E-state index contributed by atoms with van der Waals surface area (Å²) in [5.41, 5.74) is 25.2. The van der Waals surface area contributed by atoms with Crippen LogP contribution in [0.1, 0.15) is 24.1 Å². The number of imidazole rings is 2. The molecule has 672 valence electrons. The number of nitrogens with zero attached hydrogens (tertiary/aromatic N) is 15. The molecule has 0 saturated carbocycles. The molecule has 15 heterocycles. The summed E-state index contributed by atoms with van der Waals surface area (Å²) in [4.78, 5) is 18.4. The molecule has 1 aliphatic heterocycles. The predicted octanol–water partition coefficient (Wildman–Crippen LogP) is 24.9. The van der Waals surface area contributed by atoms with Gasteiger partial charge in [0.05, 0.1) is 33.0 Å². The fourth-order valence-corrected chi connectivity index (χ4v) is 26.2. The summed E-state index contributed by atoms with van der Waals surface area (Å²) in [6.07, 6.45) is 9.75. The second kappa shape index (κ2) is 34.3. The third-order valence-corrected chi connectivity index (χ3v) is 32.9. The zero-order chi connectivity index (χ0) is 89.5. The van der Waals surface area contributed by atoms with Crippen molar-refractivity contribution in [3.05, 3.63) is 424 Å². The molecule has 22 heteroatoms. The van der Waals surface area contributed by atoms with E-state index in [0.717, 1.165) is 140 Å². The van der Waals surface area contributed by atoms with E-state index in [1.807, 2.05) is 49.6 Å². The molecule has 0 amide bonds. The first kappa shape index (κ1) is 86.3. The van der Waals surface area contributed by atoms with E-state index in [-0.39, 0.29) is 73.2 Å². The van der Waals surface area contributed by atoms with Crippen LogP contribution in [0.25, 0.3) is 182 Å². The Morgan fingerprint density at radius 3 is 1.91 bits per heavy atom. The molecule has 4 radical (unpaired) electrons. The molecule has 2 atom stereocenters. The number of aromatic nitrogens is 14. The number of fused-ring (bicyclic) bond motifs is 23. The van der Waals surface area contributed by atoms with Crippen LogP contribution in [0.3, 0.4) is 0 Å². The Labute approximate surface area is 845 Å². The average Bonchev–Trinajstić information content (AvgIpc) is 1.58. The van der Waals surface area contributed by atoms with E-state index in [1.165, 1.54) is 92.4 Å². The Morgan fingerprint density at radius 1 is 0.457 bits per heavy atom. The van der Waals surface area contributed by atoms with Crippen molar-refractivity contribution in [2.24, 2.45) is 21.1 Å². The Hall–Kier alpha value is -14.5. The maximum atomic E-state index is 6.45. The van der Waals surface area contributed by atoms with Crippen LogP contribution >= 0.6 is 7.53 Å². The van der Waals surface area contributed by atoms with E-state index < -0.39 is 16.5 Å². The summed E-state index contributed by atoms with van der Waals surface area (Å²) in [5.74, 6) is 7.44. The second-order valence-corrected chi connectivity index (χ2v) is 40.0. The van der Waals surface area contributed by atoms with Crippen molar-refractivity contribution in [1.29, 1.82) is 0 Å². The zero-order valence-electron chi connectivity index (χ0n) is 74.8. The first-order valence-corrected chi connectivity index (χ1v) is 49.6. The molecule has 0 N–H and O–H groups in total. The van der Waals surface area contributed by atoms with Gasteiger partial charge in [-0.25, -0.2) is 22.1 Å². The molecular formula is C116H77Au3N15OPSi2-4. The van der Waals surface area contributed by atoms with E-state index in [1.54, 1.807) is 0 Å². The maximum absolute atomic E-state index is 6.45. The largest absolute Gasteiger partial charge is 3.00 e. The van der Waals surface area contributed by atoms with Crippen LogP contribution in [0.15, 0.2) is 370 Å². The monoisotopic (exact) mass is 2370 g/mol. The summed E-state index contributed by atoms with van der Waals surface area (Å²) in [6.45, 7) is 4.37. The fourth-order valence-electron chi connectivity index (χ4n) is 21.0. The Morgan fingerprint density at radius 2 is 1.13 bits per heavy atom. The number of hydrogen-bond donors (Lipinski definition) is 0. The molecule has 13 aromatic carbocycles. The van der Waals surface area contributed by atoms with Gasteiger partial charge in [0.15, 0.2) is 23.0 Å². The third kappa shape index (κ3) is 13.3. The van der Waals surface area contributed by atoms with E-state index >= 15 is 0 Å². The minimum Gasteiger partial charge on any atom is -0.456 e. The van der Waals surface area contributed by atoms with Gasteiger partial charge in [0.25, 0.3) is 0 Å². The fraction of sp³-hybridized carbons (Fsp3) is 0.0517. The van der Waals surface area contributed by atoms with Crippen LogP contribution in [0.2, 0.25) is 6.55 Å². The van der Waals surface area contributed by atoms with Crippen molar-refractivity contribution in [2.45, 2.75) is 19.5 Å². The van der Waals surface area contributed by atoms with Crippen molar-refractivity contribution in [3.63, 3.8) is 0 Å². The van der Waals surface area contributed by atoms with Crippen LogP contribution in [-0.2, 0) is 88.3 Å². The molecule has 27 aromatic rings. The third-order valence-electron chi connectivity index (χ3n) is 27.2. The molecule has 0 spiro atoms. The minimum atomic E-state index is -1.46. The standard InChI is InChI=1S/C43H26N4P.C39H28N7Si.C34H23N4OSi.3Au/c1-45-36-15-7-3-11-29(36)24-41(45)48-23-21-28-18-19-40(44-43(28)48)47-38-17-9-6-13-31(38)34-25-33-30-12-4-5-14-32(30)42(35(33)26-39(34)47)46-22-20-27-10-2-8-16-37(27)46;1-41-24-13-22-35(41)43-25-23-33-38(43)40-39(42(33)2)45-32-21-12-11-20-31(32)44-36(45)26-34-37(44)29-18-9-10-19-30(29)46(34)47(27-14-5-3-6-15-27)28-16-7-4-8-17-28;1-22(40-2)37-30-16-7-8-17-31(30)39-32-21-27-26-13-4-6-15-29(26)38(33(27)35-34(32)37)25-12-9-11-24(20-25)36-19-18-23-10-3-5-14-28(23)36;;;/h2-21,23,25,42H,1H3;3-21,23-25H,1-2H3;3-13,15-19,21H,1-2H3;;;/q-3;2*-2;;;+3. The van der Waals surface area contributed by atoms with Crippen molar-refractivity contribution in [3.8, 4) is 57.0 Å². The van der Waals surface area contributed by atoms with E-state index in [9.17, 15) is 0 Å². The number of pyridine rings is 2. The molecule has 2 unspecified atom stereocenters. The molecule has 1 aliphatic carbocycles. The van der Waals surface area contributed by atoms with Gasteiger partial charge >= 0.3 is 22.4 Å². The summed E-state index contributed by atoms with van der Waals surface area (Å²) in [7, 11) is 4.64. The van der Waals surface area contributed by atoms with Gasteiger partial charge in [-0.1, -0.05) is 253 Å². The van der Waals surface area contributed by atoms with Crippen molar-refractivity contribution >= 4 is 190 Å². The van der Waals surface area contributed by atoms with Gasteiger partial charge in [0, 0.05) is 112 Å².